The SMILES string of the molecule is CN(C)c1ncc(CNC(=O)N2CCc3ccccc3[C@H]2CO)n1C. The molecule has 0 fully saturated rings. The number of imidazole rings is 1. The second-order valence-electron chi connectivity index (χ2n) is 6.50. The number of amides is 2. The molecule has 0 unspecified atom stereocenters. The van der Waals surface area contributed by atoms with Crippen LogP contribution in [0.4, 0.5) is 10.7 Å². The molecule has 1 aliphatic rings. The van der Waals surface area contributed by atoms with Gasteiger partial charge in [0.05, 0.1) is 31.1 Å². The van der Waals surface area contributed by atoms with E-state index in [-0.39, 0.29) is 18.7 Å². The highest BCUT2D eigenvalue weighted by molar-refractivity contribution is 5.75. The van der Waals surface area contributed by atoms with Crippen LogP contribution in [-0.2, 0) is 20.0 Å². The van der Waals surface area contributed by atoms with Gasteiger partial charge in [-0.15, -0.1) is 0 Å². The molecule has 2 N–H and O–H groups in total. The lowest BCUT2D eigenvalue weighted by Crippen LogP contribution is -2.46. The summed E-state index contributed by atoms with van der Waals surface area (Å²) in [7, 11) is 5.79. The van der Waals surface area contributed by atoms with Crippen molar-refractivity contribution in [1.82, 2.24) is 19.8 Å². The van der Waals surface area contributed by atoms with Gasteiger partial charge in [-0.25, -0.2) is 9.78 Å². The maximum absolute atomic E-state index is 12.7. The zero-order chi connectivity index (χ0) is 18.0. The molecule has 2 amide bonds. The number of aliphatic hydroxyl groups is 1. The van der Waals surface area contributed by atoms with E-state index in [1.165, 1.54) is 5.56 Å². The molecule has 25 heavy (non-hydrogen) atoms. The molecular formula is C18H25N5O2. The molecular weight excluding hydrogens is 318 g/mol. The minimum absolute atomic E-state index is 0.0824. The van der Waals surface area contributed by atoms with Gasteiger partial charge in [0.15, 0.2) is 0 Å². The fraction of sp³-hybridized carbons (Fsp3) is 0.444. The topological polar surface area (TPSA) is 73.6 Å². The molecule has 1 atom stereocenters. The van der Waals surface area contributed by atoms with E-state index >= 15 is 0 Å². The fourth-order valence-corrected chi connectivity index (χ4v) is 3.37. The number of carbonyl (C=O) groups is 1. The highest BCUT2D eigenvalue weighted by atomic mass is 16.3. The lowest BCUT2D eigenvalue weighted by molar-refractivity contribution is 0.126. The molecule has 1 aromatic heterocycles. The molecule has 0 bridgehead atoms. The molecule has 1 aliphatic heterocycles. The Balaban J connectivity index is 1.69. The molecule has 0 saturated carbocycles. The number of nitrogens with one attached hydrogen (secondary N) is 1. The molecule has 7 nitrogen and oxygen atoms in total. The van der Waals surface area contributed by atoms with E-state index in [2.05, 4.69) is 16.4 Å². The van der Waals surface area contributed by atoms with Crippen molar-refractivity contribution in [2.45, 2.75) is 19.0 Å². The van der Waals surface area contributed by atoms with Gasteiger partial charge in [-0.3, -0.25) is 0 Å². The molecule has 1 aromatic carbocycles. The minimum atomic E-state index is -0.297. The number of nitrogens with zero attached hydrogens (tertiary/aromatic N) is 4. The van der Waals surface area contributed by atoms with E-state index in [0.717, 1.165) is 23.6 Å². The van der Waals surface area contributed by atoms with Crippen molar-refractivity contribution in [3.8, 4) is 0 Å². The highest BCUT2D eigenvalue weighted by Gasteiger charge is 2.30. The number of aromatic nitrogens is 2. The van der Waals surface area contributed by atoms with Gasteiger partial charge >= 0.3 is 6.03 Å². The monoisotopic (exact) mass is 343 g/mol. The Hall–Kier alpha value is -2.54. The van der Waals surface area contributed by atoms with Crippen LogP contribution in [0.2, 0.25) is 0 Å². The van der Waals surface area contributed by atoms with Gasteiger partial charge in [0.1, 0.15) is 0 Å². The first-order valence-corrected chi connectivity index (χ1v) is 8.44. The lowest BCUT2D eigenvalue weighted by Gasteiger charge is -2.36. The Morgan fingerprint density at radius 2 is 2.16 bits per heavy atom. The quantitative estimate of drug-likeness (QED) is 0.877. The van der Waals surface area contributed by atoms with Crippen molar-refractivity contribution < 1.29 is 9.90 Å². The summed E-state index contributed by atoms with van der Waals surface area (Å²) in [5.74, 6) is 0.837. The maximum Gasteiger partial charge on any atom is 0.318 e. The Labute approximate surface area is 147 Å². The van der Waals surface area contributed by atoms with Gasteiger partial charge < -0.3 is 24.8 Å². The smallest absolute Gasteiger partial charge is 0.318 e. The van der Waals surface area contributed by atoms with Crippen LogP contribution in [0.1, 0.15) is 22.9 Å². The van der Waals surface area contributed by atoms with Gasteiger partial charge in [-0.2, -0.15) is 0 Å². The number of carbonyl (C=O) groups excluding carboxylic acids is 1. The zero-order valence-corrected chi connectivity index (χ0v) is 14.9. The van der Waals surface area contributed by atoms with E-state index in [9.17, 15) is 9.90 Å². The summed E-state index contributed by atoms with van der Waals surface area (Å²) >= 11 is 0. The second-order valence-corrected chi connectivity index (χ2v) is 6.50. The molecule has 0 radical (unpaired) electrons. The summed E-state index contributed by atoms with van der Waals surface area (Å²) in [5, 5.41) is 12.8. The van der Waals surface area contributed by atoms with Crippen LogP contribution >= 0.6 is 0 Å². The minimum Gasteiger partial charge on any atom is -0.394 e. The number of benzene rings is 1. The number of rotatable bonds is 4. The summed E-state index contributed by atoms with van der Waals surface area (Å²) in [6, 6.07) is 7.52. The van der Waals surface area contributed by atoms with Crippen molar-refractivity contribution in [2.75, 3.05) is 32.1 Å². The van der Waals surface area contributed by atoms with Crippen molar-refractivity contribution in [3.05, 3.63) is 47.3 Å². The number of anilines is 1. The zero-order valence-electron chi connectivity index (χ0n) is 14.9. The van der Waals surface area contributed by atoms with E-state index < -0.39 is 0 Å². The normalized spacial score (nSPS) is 16.5. The van der Waals surface area contributed by atoms with Crippen molar-refractivity contribution in [3.63, 3.8) is 0 Å². The standard InChI is InChI=1S/C18H25N5O2/c1-21(2)17-19-10-14(22(17)3)11-20-18(25)23-9-8-13-6-4-5-7-15(13)16(23)12-24/h4-7,10,16,24H,8-9,11-12H2,1-3H3,(H,20,25)/t16-/m1/s1. The highest BCUT2D eigenvalue weighted by Crippen LogP contribution is 2.29. The van der Waals surface area contributed by atoms with Gasteiger partial charge in [-0.1, -0.05) is 24.3 Å². The molecule has 0 saturated heterocycles. The third kappa shape index (κ3) is 3.32. The average molecular weight is 343 g/mol. The Morgan fingerprint density at radius 3 is 2.84 bits per heavy atom. The number of fused-ring (bicyclic) bond motifs is 1. The van der Waals surface area contributed by atoms with Crippen LogP contribution < -0.4 is 10.2 Å². The first-order chi connectivity index (χ1) is 12.0. The number of urea groups is 1. The molecule has 0 spiro atoms. The number of hydrogen-bond donors (Lipinski definition) is 2. The molecule has 7 heteroatoms. The summed E-state index contributed by atoms with van der Waals surface area (Å²) in [6.07, 6.45) is 2.57. The molecule has 3 rings (SSSR count). The largest absolute Gasteiger partial charge is 0.394 e. The van der Waals surface area contributed by atoms with Gasteiger partial charge in [0.2, 0.25) is 5.95 Å². The molecule has 2 heterocycles. The van der Waals surface area contributed by atoms with E-state index in [4.69, 9.17) is 0 Å². The summed E-state index contributed by atoms with van der Waals surface area (Å²) in [6.45, 7) is 0.912. The van der Waals surface area contributed by atoms with Gasteiger partial charge in [0, 0.05) is 27.7 Å². The summed E-state index contributed by atoms with van der Waals surface area (Å²) in [4.78, 5) is 20.7. The van der Waals surface area contributed by atoms with Crippen molar-refractivity contribution in [2.24, 2.45) is 7.05 Å². The lowest BCUT2D eigenvalue weighted by atomic mass is 9.93. The Morgan fingerprint density at radius 1 is 1.40 bits per heavy atom. The first-order valence-electron chi connectivity index (χ1n) is 8.44. The fourth-order valence-electron chi connectivity index (χ4n) is 3.37. The van der Waals surface area contributed by atoms with Crippen molar-refractivity contribution >= 4 is 12.0 Å². The molecule has 134 valence electrons. The van der Waals surface area contributed by atoms with Crippen LogP contribution in [-0.4, -0.2) is 52.8 Å². The Kier molecular flexibility index (Phi) is 4.94. The third-order valence-electron chi connectivity index (χ3n) is 4.73. The number of hydrogen-bond acceptors (Lipinski definition) is 4. The van der Waals surface area contributed by atoms with Crippen LogP contribution in [0.25, 0.3) is 0 Å². The third-order valence-corrected chi connectivity index (χ3v) is 4.73. The summed E-state index contributed by atoms with van der Waals surface area (Å²) < 4.78 is 1.95. The number of aliphatic hydroxyl groups excluding tert-OH is 1. The van der Waals surface area contributed by atoms with Crippen LogP contribution in [0.5, 0.6) is 0 Å². The average Bonchev–Trinajstić information content (AvgIpc) is 2.99. The van der Waals surface area contributed by atoms with Crippen LogP contribution in [0.15, 0.2) is 30.5 Å². The van der Waals surface area contributed by atoms with E-state index in [1.54, 1.807) is 11.1 Å². The molecule has 2 aromatic rings. The Bertz CT molecular complexity index is 756. The summed E-state index contributed by atoms with van der Waals surface area (Å²) in [5.41, 5.74) is 3.16. The van der Waals surface area contributed by atoms with Crippen LogP contribution in [0, 0.1) is 0 Å². The molecule has 0 aliphatic carbocycles. The second kappa shape index (κ2) is 7.14. The predicted octanol–water partition coefficient (Wildman–Crippen LogP) is 1.29. The van der Waals surface area contributed by atoms with Crippen LogP contribution in [0.3, 0.4) is 0 Å². The van der Waals surface area contributed by atoms with Gasteiger partial charge in [-0.05, 0) is 17.5 Å². The van der Waals surface area contributed by atoms with Gasteiger partial charge in [0.25, 0.3) is 0 Å². The van der Waals surface area contributed by atoms with Crippen molar-refractivity contribution in [1.29, 1.82) is 0 Å². The first kappa shape index (κ1) is 17.3. The maximum atomic E-state index is 12.7. The van der Waals surface area contributed by atoms with E-state index in [0.29, 0.717) is 13.1 Å². The van der Waals surface area contributed by atoms with E-state index in [1.807, 2.05) is 48.8 Å². The predicted molar refractivity (Wildman–Crippen MR) is 96.4 cm³/mol.